The van der Waals surface area contributed by atoms with E-state index in [0.29, 0.717) is 18.0 Å². The Bertz CT molecular complexity index is 931. The molecule has 0 saturated carbocycles. The molecule has 0 unspecified atom stereocenters. The third-order valence-corrected chi connectivity index (χ3v) is 5.24. The van der Waals surface area contributed by atoms with Gasteiger partial charge < -0.3 is 10.2 Å². The van der Waals surface area contributed by atoms with E-state index in [1.807, 2.05) is 43.4 Å². The molecule has 1 fully saturated rings. The number of benzene rings is 2. The van der Waals surface area contributed by atoms with Crippen LogP contribution in [-0.4, -0.2) is 41.3 Å². The molecular weight excluding hydrogens is 340 g/mol. The Morgan fingerprint density at radius 3 is 2.78 bits per heavy atom. The third-order valence-electron chi connectivity index (χ3n) is 5.24. The van der Waals surface area contributed by atoms with E-state index in [9.17, 15) is 4.79 Å². The zero-order valence-electron chi connectivity index (χ0n) is 15.5. The van der Waals surface area contributed by atoms with Crippen LogP contribution in [0, 0.1) is 5.92 Å². The van der Waals surface area contributed by atoms with Crippen LogP contribution in [0.5, 0.6) is 0 Å². The van der Waals surface area contributed by atoms with E-state index in [-0.39, 0.29) is 5.91 Å². The van der Waals surface area contributed by atoms with Crippen LogP contribution in [0.2, 0.25) is 0 Å². The number of aromatic nitrogens is 2. The first-order valence-electron chi connectivity index (χ1n) is 9.45. The number of hydrogen-bond donors (Lipinski definition) is 1. The average Bonchev–Trinajstić information content (AvgIpc) is 3.16. The summed E-state index contributed by atoms with van der Waals surface area (Å²) in [6.07, 6.45) is 3.46. The standard InChI is InChI=1S/C21H24N4O2/c1-25(14-17-5-6-19-20(13-17)24-27-23-19)21(26)18-4-2-3-16(12-18)11-15-7-9-22-10-8-15/h2-6,12-13,15,22H,7-11,14H2,1H3. The second kappa shape index (κ2) is 7.88. The molecule has 3 aromatic rings. The van der Waals surface area contributed by atoms with Crippen molar-refractivity contribution in [2.24, 2.45) is 5.92 Å². The monoisotopic (exact) mass is 364 g/mol. The van der Waals surface area contributed by atoms with Crippen molar-refractivity contribution >= 4 is 16.9 Å². The molecule has 0 aliphatic carbocycles. The molecule has 6 nitrogen and oxygen atoms in total. The summed E-state index contributed by atoms with van der Waals surface area (Å²) in [7, 11) is 1.83. The predicted octanol–water partition coefficient (Wildman–Crippen LogP) is 3.04. The van der Waals surface area contributed by atoms with Gasteiger partial charge in [-0.1, -0.05) is 18.2 Å². The minimum atomic E-state index is 0.0283. The van der Waals surface area contributed by atoms with Gasteiger partial charge in [0.05, 0.1) is 0 Å². The molecule has 1 aliphatic heterocycles. The van der Waals surface area contributed by atoms with Crippen molar-refractivity contribution in [1.29, 1.82) is 0 Å². The lowest BCUT2D eigenvalue weighted by molar-refractivity contribution is 0.0785. The lowest BCUT2D eigenvalue weighted by Crippen LogP contribution is -2.29. The van der Waals surface area contributed by atoms with Gasteiger partial charge in [-0.2, -0.15) is 0 Å². The average molecular weight is 364 g/mol. The van der Waals surface area contributed by atoms with Gasteiger partial charge in [0.1, 0.15) is 11.0 Å². The van der Waals surface area contributed by atoms with E-state index >= 15 is 0 Å². The highest BCUT2D eigenvalue weighted by molar-refractivity contribution is 5.94. The Kier molecular flexibility index (Phi) is 5.16. The van der Waals surface area contributed by atoms with Crippen molar-refractivity contribution in [3.8, 4) is 0 Å². The normalized spacial score (nSPS) is 15.1. The van der Waals surface area contributed by atoms with E-state index < -0.39 is 0 Å². The molecule has 4 rings (SSSR count). The number of piperidine rings is 1. The molecule has 6 heteroatoms. The van der Waals surface area contributed by atoms with E-state index in [0.717, 1.165) is 36.2 Å². The van der Waals surface area contributed by atoms with Crippen LogP contribution in [0.4, 0.5) is 0 Å². The molecule has 1 amide bonds. The molecule has 140 valence electrons. The van der Waals surface area contributed by atoms with Gasteiger partial charge >= 0.3 is 0 Å². The summed E-state index contributed by atoms with van der Waals surface area (Å²) < 4.78 is 4.73. The van der Waals surface area contributed by atoms with Gasteiger partial charge in [0.15, 0.2) is 0 Å². The number of nitrogens with one attached hydrogen (secondary N) is 1. The van der Waals surface area contributed by atoms with Crippen molar-refractivity contribution in [3.05, 3.63) is 59.2 Å². The predicted molar refractivity (Wildman–Crippen MR) is 103 cm³/mol. The van der Waals surface area contributed by atoms with Crippen molar-refractivity contribution in [2.75, 3.05) is 20.1 Å². The topological polar surface area (TPSA) is 71.3 Å². The number of carbonyl (C=O) groups excluding carboxylic acids is 1. The fourth-order valence-electron chi connectivity index (χ4n) is 3.74. The van der Waals surface area contributed by atoms with Gasteiger partial charge in [0.2, 0.25) is 0 Å². The molecular formula is C21H24N4O2. The SMILES string of the molecule is CN(Cc1ccc2nonc2c1)C(=O)c1cccc(CC2CCNCC2)c1. The Hall–Kier alpha value is -2.73. The second-order valence-corrected chi connectivity index (χ2v) is 7.35. The fraction of sp³-hybridized carbons (Fsp3) is 0.381. The quantitative estimate of drug-likeness (QED) is 0.753. The van der Waals surface area contributed by atoms with Gasteiger partial charge in [0, 0.05) is 19.2 Å². The van der Waals surface area contributed by atoms with Crippen LogP contribution in [0.15, 0.2) is 47.1 Å². The molecule has 1 saturated heterocycles. The minimum Gasteiger partial charge on any atom is -0.337 e. The van der Waals surface area contributed by atoms with Crippen LogP contribution in [0.25, 0.3) is 11.0 Å². The molecule has 1 aromatic heterocycles. The van der Waals surface area contributed by atoms with Gasteiger partial charge in [-0.3, -0.25) is 4.79 Å². The highest BCUT2D eigenvalue weighted by Gasteiger charge is 2.16. The molecule has 1 aliphatic rings. The molecule has 1 N–H and O–H groups in total. The maximum Gasteiger partial charge on any atom is 0.253 e. The Morgan fingerprint density at radius 1 is 1.11 bits per heavy atom. The molecule has 2 aromatic carbocycles. The van der Waals surface area contributed by atoms with E-state index in [2.05, 4.69) is 21.7 Å². The van der Waals surface area contributed by atoms with Crippen LogP contribution in [-0.2, 0) is 13.0 Å². The van der Waals surface area contributed by atoms with Crippen LogP contribution in [0.1, 0.15) is 34.3 Å². The summed E-state index contributed by atoms with van der Waals surface area (Å²) in [6, 6.07) is 13.8. The van der Waals surface area contributed by atoms with Crippen LogP contribution < -0.4 is 5.32 Å². The summed E-state index contributed by atoms with van der Waals surface area (Å²) in [5.41, 5.74) is 4.42. The molecule has 0 atom stereocenters. The van der Waals surface area contributed by atoms with Crippen LogP contribution in [0.3, 0.4) is 0 Å². The Morgan fingerprint density at radius 2 is 1.93 bits per heavy atom. The maximum atomic E-state index is 12.9. The first kappa shape index (κ1) is 17.7. The Labute approximate surface area is 158 Å². The van der Waals surface area contributed by atoms with Crippen molar-refractivity contribution in [1.82, 2.24) is 20.5 Å². The summed E-state index contributed by atoms with van der Waals surface area (Å²) in [6.45, 7) is 2.70. The zero-order chi connectivity index (χ0) is 18.6. The first-order valence-corrected chi connectivity index (χ1v) is 9.45. The summed E-state index contributed by atoms with van der Waals surface area (Å²) >= 11 is 0. The van der Waals surface area contributed by atoms with Gasteiger partial charge in [0.25, 0.3) is 5.91 Å². The van der Waals surface area contributed by atoms with E-state index in [1.165, 1.54) is 18.4 Å². The van der Waals surface area contributed by atoms with Crippen molar-refractivity contribution in [2.45, 2.75) is 25.8 Å². The number of carbonyl (C=O) groups is 1. The summed E-state index contributed by atoms with van der Waals surface area (Å²) in [5, 5.41) is 11.1. The van der Waals surface area contributed by atoms with Gasteiger partial charge in [-0.05, 0) is 84.0 Å². The Balaban J connectivity index is 1.43. The molecule has 0 spiro atoms. The lowest BCUT2D eigenvalue weighted by atomic mass is 9.90. The maximum absolute atomic E-state index is 12.9. The largest absolute Gasteiger partial charge is 0.337 e. The highest BCUT2D eigenvalue weighted by atomic mass is 16.6. The van der Waals surface area contributed by atoms with Gasteiger partial charge in [-0.25, -0.2) is 4.63 Å². The smallest absolute Gasteiger partial charge is 0.253 e. The van der Waals surface area contributed by atoms with Crippen molar-refractivity contribution < 1.29 is 9.42 Å². The van der Waals surface area contributed by atoms with Crippen LogP contribution >= 0.6 is 0 Å². The molecule has 2 heterocycles. The fourth-order valence-corrected chi connectivity index (χ4v) is 3.74. The second-order valence-electron chi connectivity index (χ2n) is 7.35. The third kappa shape index (κ3) is 4.17. The summed E-state index contributed by atoms with van der Waals surface area (Å²) in [5.74, 6) is 0.734. The summed E-state index contributed by atoms with van der Waals surface area (Å²) in [4.78, 5) is 14.6. The molecule has 0 radical (unpaired) electrons. The lowest BCUT2D eigenvalue weighted by Gasteiger charge is -2.23. The van der Waals surface area contributed by atoms with E-state index in [4.69, 9.17) is 4.63 Å². The molecule has 27 heavy (non-hydrogen) atoms. The van der Waals surface area contributed by atoms with Crippen molar-refractivity contribution in [3.63, 3.8) is 0 Å². The molecule has 0 bridgehead atoms. The van der Waals surface area contributed by atoms with Gasteiger partial charge in [-0.15, -0.1) is 0 Å². The first-order chi connectivity index (χ1) is 13.2. The number of amides is 1. The number of fused-ring (bicyclic) bond motifs is 1. The number of rotatable bonds is 5. The highest BCUT2D eigenvalue weighted by Crippen LogP contribution is 2.20. The number of nitrogens with zero attached hydrogens (tertiary/aromatic N) is 3. The van der Waals surface area contributed by atoms with E-state index in [1.54, 1.807) is 4.90 Å². The zero-order valence-corrected chi connectivity index (χ0v) is 15.5. The minimum absolute atomic E-state index is 0.0283. The number of hydrogen-bond acceptors (Lipinski definition) is 5.